The summed E-state index contributed by atoms with van der Waals surface area (Å²) in [5, 5.41) is 13.1. The molecule has 6 heteroatoms. The number of nitrogens with zero attached hydrogens (tertiary/aromatic N) is 3. The smallest absolute Gasteiger partial charge is 0.407 e. The van der Waals surface area contributed by atoms with Crippen molar-refractivity contribution in [2.45, 2.75) is 45.1 Å². The Bertz CT molecular complexity index is 378. The Morgan fingerprint density at radius 2 is 1.86 bits per heavy atom. The van der Waals surface area contributed by atoms with Gasteiger partial charge in [0, 0.05) is 25.0 Å². The molecule has 0 radical (unpaired) electrons. The van der Waals surface area contributed by atoms with Gasteiger partial charge in [-0.15, -0.1) is 0 Å². The fraction of sp³-hybridized carbons (Fsp3) is 0.867. The second-order valence-corrected chi connectivity index (χ2v) is 6.08. The average Bonchev–Trinajstić information content (AvgIpc) is 2.73. The highest BCUT2D eigenvalue weighted by Gasteiger charge is 2.28. The monoisotopic (exact) mass is 297 g/mol. The van der Waals surface area contributed by atoms with Crippen molar-refractivity contribution in [1.82, 2.24) is 9.80 Å². The molecular weight excluding hydrogens is 270 g/mol. The standard InChI is InChI=1S/C15H27N3O3/c1-12(16-21-2)13-5-9-17(10-6-13)14-4-3-8-18(11-7-14)15(19)20/h13-14H,3-11H2,1-2H3,(H,19,20)/b16-12+/t14-/m0/s1. The first-order valence-corrected chi connectivity index (χ1v) is 7.91. The average molecular weight is 297 g/mol. The number of oxime groups is 1. The second kappa shape index (κ2) is 7.64. The predicted octanol–water partition coefficient (Wildman–Crippen LogP) is 2.25. The Morgan fingerprint density at radius 3 is 2.48 bits per heavy atom. The van der Waals surface area contributed by atoms with Crippen LogP contribution in [0.2, 0.25) is 0 Å². The lowest BCUT2D eigenvalue weighted by molar-refractivity contribution is 0.129. The fourth-order valence-electron chi connectivity index (χ4n) is 3.54. The van der Waals surface area contributed by atoms with Crippen LogP contribution in [0.15, 0.2) is 5.16 Å². The Hall–Kier alpha value is -1.30. The molecule has 0 unspecified atom stereocenters. The molecule has 0 bridgehead atoms. The van der Waals surface area contributed by atoms with E-state index in [0.717, 1.165) is 50.9 Å². The Morgan fingerprint density at radius 1 is 1.14 bits per heavy atom. The van der Waals surface area contributed by atoms with Crippen LogP contribution in [-0.4, -0.2) is 66.0 Å². The molecule has 6 nitrogen and oxygen atoms in total. The zero-order valence-electron chi connectivity index (χ0n) is 13.1. The third-order valence-electron chi connectivity index (χ3n) is 4.84. The van der Waals surface area contributed by atoms with E-state index in [9.17, 15) is 4.79 Å². The van der Waals surface area contributed by atoms with Gasteiger partial charge in [-0.1, -0.05) is 5.16 Å². The number of carbonyl (C=O) groups is 1. The van der Waals surface area contributed by atoms with Crippen LogP contribution < -0.4 is 0 Å². The van der Waals surface area contributed by atoms with Crippen molar-refractivity contribution in [3.05, 3.63) is 0 Å². The summed E-state index contributed by atoms with van der Waals surface area (Å²) in [5.41, 5.74) is 1.09. The van der Waals surface area contributed by atoms with Crippen molar-refractivity contribution < 1.29 is 14.7 Å². The van der Waals surface area contributed by atoms with E-state index in [0.29, 0.717) is 25.0 Å². The molecule has 21 heavy (non-hydrogen) atoms. The van der Waals surface area contributed by atoms with Crippen molar-refractivity contribution >= 4 is 11.8 Å². The molecule has 0 aromatic rings. The second-order valence-electron chi connectivity index (χ2n) is 6.08. The van der Waals surface area contributed by atoms with Gasteiger partial charge < -0.3 is 19.7 Å². The minimum atomic E-state index is -0.777. The summed E-state index contributed by atoms with van der Waals surface area (Å²) in [6, 6.07) is 0.537. The normalized spacial score (nSPS) is 26.5. The highest BCUT2D eigenvalue weighted by molar-refractivity contribution is 5.83. The highest BCUT2D eigenvalue weighted by atomic mass is 16.6. The van der Waals surface area contributed by atoms with Crippen LogP contribution >= 0.6 is 0 Å². The maximum absolute atomic E-state index is 11.1. The summed E-state index contributed by atoms with van der Waals surface area (Å²) in [6.45, 7) is 5.56. The molecule has 2 aliphatic heterocycles. The summed E-state index contributed by atoms with van der Waals surface area (Å²) in [5.74, 6) is 0.530. The van der Waals surface area contributed by atoms with Crippen LogP contribution in [0.25, 0.3) is 0 Å². The molecule has 2 heterocycles. The van der Waals surface area contributed by atoms with Gasteiger partial charge in [0.15, 0.2) is 0 Å². The van der Waals surface area contributed by atoms with Gasteiger partial charge in [-0.05, 0) is 52.1 Å². The van der Waals surface area contributed by atoms with Gasteiger partial charge in [0.1, 0.15) is 7.11 Å². The third-order valence-corrected chi connectivity index (χ3v) is 4.84. The maximum atomic E-state index is 11.1. The lowest BCUT2D eigenvalue weighted by Gasteiger charge is -2.37. The van der Waals surface area contributed by atoms with E-state index < -0.39 is 6.09 Å². The molecule has 0 aromatic heterocycles. The molecular formula is C15H27N3O3. The van der Waals surface area contributed by atoms with E-state index in [-0.39, 0.29) is 0 Å². The summed E-state index contributed by atoms with van der Waals surface area (Å²) in [6.07, 6.45) is 4.51. The van der Waals surface area contributed by atoms with Gasteiger partial charge in [0.25, 0.3) is 0 Å². The lowest BCUT2D eigenvalue weighted by Crippen LogP contribution is -2.43. The van der Waals surface area contributed by atoms with Crippen LogP contribution in [0.1, 0.15) is 39.0 Å². The van der Waals surface area contributed by atoms with Gasteiger partial charge >= 0.3 is 6.09 Å². The predicted molar refractivity (Wildman–Crippen MR) is 81.7 cm³/mol. The summed E-state index contributed by atoms with van der Waals surface area (Å²) >= 11 is 0. The van der Waals surface area contributed by atoms with Crippen LogP contribution in [0, 0.1) is 5.92 Å². The molecule has 0 aliphatic carbocycles. The first-order chi connectivity index (χ1) is 10.1. The molecule has 0 aromatic carbocycles. The number of hydrogen-bond donors (Lipinski definition) is 1. The van der Waals surface area contributed by atoms with Gasteiger partial charge in [-0.3, -0.25) is 0 Å². The van der Waals surface area contributed by atoms with Crippen LogP contribution in [0.3, 0.4) is 0 Å². The topological polar surface area (TPSA) is 65.4 Å². The van der Waals surface area contributed by atoms with Crippen LogP contribution in [0.5, 0.6) is 0 Å². The SMILES string of the molecule is CO/N=C(\C)C1CCN([C@H]2CCCN(C(=O)O)CC2)CC1. The van der Waals surface area contributed by atoms with Crippen molar-refractivity contribution in [1.29, 1.82) is 0 Å². The number of amides is 1. The summed E-state index contributed by atoms with van der Waals surface area (Å²) in [4.78, 5) is 20.0. The fourth-order valence-corrected chi connectivity index (χ4v) is 3.54. The van der Waals surface area contributed by atoms with Gasteiger partial charge in [-0.25, -0.2) is 4.79 Å². The first-order valence-electron chi connectivity index (χ1n) is 7.91. The molecule has 0 saturated carbocycles. The number of rotatable bonds is 3. The van der Waals surface area contributed by atoms with E-state index in [1.165, 1.54) is 0 Å². The molecule has 120 valence electrons. The quantitative estimate of drug-likeness (QED) is 0.641. The zero-order chi connectivity index (χ0) is 15.2. The summed E-state index contributed by atoms with van der Waals surface area (Å²) in [7, 11) is 1.60. The Labute approximate surface area is 126 Å². The molecule has 2 fully saturated rings. The molecule has 2 aliphatic rings. The largest absolute Gasteiger partial charge is 0.465 e. The maximum Gasteiger partial charge on any atom is 0.407 e. The first kappa shape index (κ1) is 16.1. The van der Waals surface area contributed by atoms with E-state index in [1.54, 1.807) is 12.0 Å². The van der Waals surface area contributed by atoms with Gasteiger partial charge in [-0.2, -0.15) is 0 Å². The van der Waals surface area contributed by atoms with E-state index in [1.807, 2.05) is 6.92 Å². The number of carboxylic acid groups (broad SMARTS) is 1. The van der Waals surface area contributed by atoms with Crippen molar-refractivity contribution in [2.75, 3.05) is 33.3 Å². The van der Waals surface area contributed by atoms with Crippen molar-refractivity contribution in [2.24, 2.45) is 11.1 Å². The molecule has 1 atom stereocenters. The van der Waals surface area contributed by atoms with Crippen molar-refractivity contribution in [3.63, 3.8) is 0 Å². The number of hydrogen-bond acceptors (Lipinski definition) is 4. The third kappa shape index (κ3) is 4.33. The Balaban J connectivity index is 1.82. The van der Waals surface area contributed by atoms with Crippen LogP contribution in [0.4, 0.5) is 4.79 Å². The van der Waals surface area contributed by atoms with Gasteiger partial charge in [0.2, 0.25) is 0 Å². The van der Waals surface area contributed by atoms with Crippen molar-refractivity contribution in [3.8, 4) is 0 Å². The number of likely N-dealkylation sites (tertiary alicyclic amines) is 2. The molecule has 2 saturated heterocycles. The zero-order valence-corrected chi connectivity index (χ0v) is 13.1. The number of piperidine rings is 1. The van der Waals surface area contributed by atoms with E-state index in [2.05, 4.69) is 10.1 Å². The minimum absolute atomic E-state index is 0.530. The molecule has 1 amide bonds. The highest BCUT2D eigenvalue weighted by Crippen LogP contribution is 2.25. The molecule has 0 spiro atoms. The van der Waals surface area contributed by atoms with Gasteiger partial charge in [0.05, 0.1) is 5.71 Å². The van der Waals surface area contributed by atoms with E-state index in [4.69, 9.17) is 9.94 Å². The van der Waals surface area contributed by atoms with Crippen LogP contribution in [-0.2, 0) is 4.84 Å². The Kier molecular flexibility index (Phi) is 5.85. The molecule has 2 rings (SSSR count). The molecule has 1 N–H and O–H groups in total. The summed E-state index contributed by atoms with van der Waals surface area (Å²) < 4.78 is 0. The van der Waals surface area contributed by atoms with E-state index >= 15 is 0 Å². The minimum Gasteiger partial charge on any atom is -0.465 e. The lowest BCUT2D eigenvalue weighted by atomic mass is 9.91.